The van der Waals surface area contributed by atoms with Crippen molar-refractivity contribution in [3.05, 3.63) is 90.0 Å². The lowest BCUT2D eigenvalue weighted by Crippen LogP contribution is -2.53. The molecule has 5 N–H and O–H groups in total. The van der Waals surface area contributed by atoms with Crippen molar-refractivity contribution in [3.63, 3.8) is 0 Å². The van der Waals surface area contributed by atoms with Crippen molar-refractivity contribution < 1.29 is 19.6 Å². The average molecular weight is 542 g/mol. The summed E-state index contributed by atoms with van der Waals surface area (Å²) in [4.78, 5) is 38.3. The zero-order valence-electron chi connectivity index (χ0n) is 22.2. The van der Waals surface area contributed by atoms with E-state index in [-0.39, 0.29) is 12.3 Å². The summed E-state index contributed by atoms with van der Waals surface area (Å²) in [5.41, 5.74) is 5.47. The minimum absolute atomic E-state index is 0.122. The van der Waals surface area contributed by atoms with Crippen molar-refractivity contribution in [2.45, 2.75) is 38.8 Å². The number of rotatable bonds is 11. The lowest BCUT2D eigenvalue weighted by atomic mass is 9.97. The Morgan fingerprint density at radius 2 is 1.55 bits per heavy atom. The van der Waals surface area contributed by atoms with Crippen LogP contribution in [0.3, 0.4) is 0 Å². The van der Waals surface area contributed by atoms with Gasteiger partial charge in [0.2, 0.25) is 17.6 Å². The smallest absolute Gasteiger partial charge is 0.251 e. The number of aromatic amines is 1. The molecule has 0 fully saturated rings. The highest BCUT2D eigenvalue weighted by molar-refractivity contribution is 5.98. The summed E-state index contributed by atoms with van der Waals surface area (Å²) in [7, 11) is 0. The van der Waals surface area contributed by atoms with E-state index >= 15 is 0 Å². The first-order valence-corrected chi connectivity index (χ1v) is 12.9. The van der Waals surface area contributed by atoms with Crippen molar-refractivity contribution in [2.75, 3.05) is 0 Å². The third-order valence-electron chi connectivity index (χ3n) is 6.43. The Morgan fingerprint density at radius 1 is 0.875 bits per heavy atom. The van der Waals surface area contributed by atoms with Crippen LogP contribution in [0.2, 0.25) is 0 Å². The topological polar surface area (TPSA) is 162 Å². The number of carbonyl (C=O) groups excluding carboxylic acids is 3. The number of nitrogens with one attached hydrogen (secondary N) is 4. The maximum atomic E-state index is 13.3. The van der Waals surface area contributed by atoms with Gasteiger partial charge in [0.25, 0.3) is 5.91 Å². The molecule has 0 aliphatic rings. The second-order valence-electron chi connectivity index (χ2n) is 9.69. The van der Waals surface area contributed by atoms with Gasteiger partial charge in [-0.3, -0.25) is 19.6 Å². The number of benzene rings is 3. The molecule has 1 aromatic heterocycles. The molecule has 1 heterocycles. The van der Waals surface area contributed by atoms with E-state index in [9.17, 15) is 14.4 Å². The normalized spacial score (nSPS) is 12.4. The monoisotopic (exact) mass is 541 g/mol. The lowest BCUT2D eigenvalue weighted by Gasteiger charge is -2.25. The number of carbonyl (C=O) groups is 3. The fourth-order valence-corrected chi connectivity index (χ4v) is 4.40. The Balaban J connectivity index is 1.46. The maximum absolute atomic E-state index is 13.3. The summed E-state index contributed by atoms with van der Waals surface area (Å²) >= 11 is 0. The average Bonchev–Trinajstić information content (AvgIpc) is 3.51. The molecule has 0 radical (unpaired) electrons. The van der Waals surface area contributed by atoms with Crippen molar-refractivity contribution in [2.24, 2.45) is 5.92 Å². The number of tetrazole rings is 1. The molecule has 4 rings (SSSR count). The van der Waals surface area contributed by atoms with Crippen molar-refractivity contribution >= 4 is 17.7 Å². The maximum Gasteiger partial charge on any atom is 0.251 e. The van der Waals surface area contributed by atoms with Crippen LogP contribution in [0, 0.1) is 5.92 Å². The van der Waals surface area contributed by atoms with E-state index in [0.717, 1.165) is 22.3 Å². The molecule has 0 saturated carbocycles. The van der Waals surface area contributed by atoms with Gasteiger partial charge in [-0.1, -0.05) is 80.6 Å². The van der Waals surface area contributed by atoms with Crippen molar-refractivity contribution in [1.29, 1.82) is 0 Å². The standard InChI is InChI=1S/C29H31N7O4/c1-18(2)26(29(39)30-22(17-25(37)34-40)16-19-8-4-3-5-9-19)31-28(38)21-14-12-20(13-15-21)23-10-6-7-11-24(23)27-32-35-36-33-27/h3-15,18,22,26,40H,16-17H2,1-2H3,(H,30,39)(H,31,38)(H,34,37)(H,32,33,35,36)/t22-,26?/m0/s1. The van der Waals surface area contributed by atoms with Crippen LogP contribution >= 0.6 is 0 Å². The molecule has 0 aliphatic carbocycles. The van der Waals surface area contributed by atoms with E-state index < -0.39 is 29.8 Å². The van der Waals surface area contributed by atoms with Crippen LogP contribution in [-0.2, 0) is 16.0 Å². The second kappa shape index (κ2) is 13.3. The Labute approximate surface area is 231 Å². The summed E-state index contributed by atoms with van der Waals surface area (Å²) < 4.78 is 0. The fourth-order valence-electron chi connectivity index (χ4n) is 4.40. The third-order valence-corrected chi connectivity index (χ3v) is 6.43. The van der Waals surface area contributed by atoms with E-state index in [4.69, 9.17) is 5.21 Å². The number of aromatic nitrogens is 4. The molecular formula is C29H31N7O4. The van der Waals surface area contributed by atoms with E-state index in [1.165, 1.54) is 0 Å². The number of hydrogen-bond donors (Lipinski definition) is 5. The Bertz CT molecular complexity index is 1420. The molecule has 11 nitrogen and oxygen atoms in total. The van der Waals surface area contributed by atoms with Crippen LogP contribution in [0.15, 0.2) is 78.9 Å². The summed E-state index contributed by atoms with van der Waals surface area (Å²) in [6, 6.07) is 22.6. The van der Waals surface area contributed by atoms with E-state index in [1.54, 1.807) is 17.6 Å². The summed E-state index contributed by atoms with van der Waals surface area (Å²) in [6.07, 6.45) is 0.258. The van der Waals surface area contributed by atoms with Gasteiger partial charge in [0.05, 0.1) is 0 Å². The molecule has 0 saturated heterocycles. The van der Waals surface area contributed by atoms with Gasteiger partial charge in [-0.15, -0.1) is 10.2 Å². The molecule has 0 bridgehead atoms. The molecule has 2 atom stereocenters. The van der Waals surface area contributed by atoms with Crippen LogP contribution < -0.4 is 16.1 Å². The van der Waals surface area contributed by atoms with Crippen LogP contribution in [0.4, 0.5) is 0 Å². The van der Waals surface area contributed by atoms with Crippen molar-refractivity contribution in [1.82, 2.24) is 36.7 Å². The van der Waals surface area contributed by atoms with Crippen LogP contribution in [-0.4, -0.2) is 55.6 Å². The van der Waals surface area contributed by atoms with Gasteiger partial charge < -0.3 is 10.6 Å². The van der Waals surface area contributed by atoms with Gasteiger partial charge in [-0.2, -0.15) is 5.21 Å². The largest absolute Gasteiger partial charge is 0.351 e. The highest BCUT2D eigenvalue weighted by Gasteiger charge is 2.27. The molecule has 0 aliphatic heterocycles. The first-order valence-electron chi connectivity index (χ1n) is 12.9. The van der Waals surface area contributed by atoms with Crippen molar-refractivity contribution in [3.8, 4) is 22.5 Å². The summed E-state index contributed by atoms with van der Waals surface area (Å²) in [5, 5.41) is 28.9. The van der Waals surface area contributed by atoms with E-state index in [0.29, 0.717) is 17.8 Å². The third kappa shape index (κ3) is 7.14. The SMILES string of the molecule is CC(C)C(NC(=O)c1ccc(-c2ccccc2-c2nn[nH]n2)cc1)C(=O)N[C@H](CC(=O)NO)Cc1ccccc1. The van der Waals surface area contributed by atoms with E-state index in [2.05, 4.69) is 31.3 Å². The molecule has 206 valence electrons. The molecule has 1 unspecified atom stereocenters. The molecule has 11 heteroatoms. The van der Waals surface area contributed by atoms with Crippen LogP contribution in [0.25, 0.3) is 22.5 Å². The molecular weight excluding hydrogens is 510 g/mol. The van der Waals surface area contributed by atoms with Crippen LogP contribution in [0.5, 0.6) is 0 Å². The Hall–Kier alpha value is -4.90. The number of nitrogens with zero attached hydrogens (tertiary/aromatic N) is 3. The quantitative estimate of drug-likeness (QED) is 0.144. The highest BCUT2D eigenvalue weighted by Crippen LogP contribution is 2.29. The number of amides is 3. The number of H-pyrrole nitrogens is 1. The second-order valence-corrected chi connectivity index (χ2v) is 9.69. The van der Waals surface area contributed by atoms with Gasteiger partial charge in [0.15, 0.2) is 0 Å². The molecule has 3 aromatic carbocycles. The lowest BCUT2D eigenvalue weighted by molar-refractivity contribution is -0.130. The molecule has 40 heavy (non-hydrogen) atoms. The zero-order chi connectivity index (χ0) is 28.5. The molecule has 0 spiro atoms. The van der Waals surface area contributed by atoms with Gasteiger partial charge in [0, 0.05) is 23.6 Å². The predicted molar refractivity (Wildman–Crippen MR) is 148 cm³/mol. The first kappa shape index (κ1) is 28.1. The summed E-state index contributed by atoms with van der Waals surface area (Å²) in [6.45, 7) is 3.66. The Morgan fingerprint density at radius 3 is 2.17 bits per heavy atom. The van der Waals surface area contributed by atoms with Gasteiger partial charge in [-0.05, 0) is 46.4 Å². The fraction of sp³-hybridized carbons (Fsp3) is 0.241. The number of hydroxylamine groups is 1. The molecule has 3 amide bonds. The minimum Gasteiger partial charge on any atom is -0.351 e. The summed E-state index contributed by atoms with van der Waals surface area (Å²) in [5.74, 6) is -1.20. The van der Waals surface area contributed by atoms with E-state index in [1.807, 2.05) is 80.6 Å². The first-order chi connectivity index (χ1) is 19.4. The van der Waals surface area contributed by atoms with Gasteiger partial charge in [-0.25, -0.2) is 5.48 Å². The minimum atomic E-state index is -0.846. The highest BCUT2D eigenvalue weighted by atomic mass is 16.5. The Kier molecular flexibility index (Phi) is 9.31. The molecule has 4 aromatic rings. The predicted octanol–water partition coefficient (Wildman–Crippen LogP) is 2.91. The van der Waals surface area contributed by atoms with Gasteiger partial charge in [0.1, 0.15) is 6.04 Å². The number of hydrogen-bond acceptors (Lipinski definition) is 7. The zero-order valence-corrected chi connectivity index (χ0v) is 22.2. The van der Waals surface area contributed by atoms with Crippen LogP contribution in [0.1, 0.15) is 36.2 Å². The van der Waals surface area contributed by atoms with Gasteiger partial charge >= 0.3 is 0 Å².